The Hall–Kier alpha value is -2.93. The molecule has 2 N–H and O–H groups in total. The fourth-order valence-electron chi connectivity index (χ4n) is 3.03. The van der Waals surface area contributed by atoms with Gasteiger partial charge in [0.25, 0.3) is 5.91 Å². The second kappa shape index (κ2) is 6.52. The fourth-order valence-corrected chi connectivity index (χ4v) is 3.03. The van der Waals surface area contributed by atoms with E-state index in [1.54, 1.807) is 17.2 Å². The smallest absolute Gasteiger partial charge is 0.270 e. The molecule has 25 heavy (non-hydrogen) atoms. The first kappa shape index (κ1) is 15.6. The van der Waals surface area contributed by atoms with Gasteiger partial charge in [0, 0.05) is 17.5 Å². The maximum atomic E-state index is 12.4. The van der Waals surface area contributed by atoms with Crippen molar-refractivity contribution < 1.29 is 9.53 Å². The molecule has 0 bridgehead atoms. The molecule has 0 fully saturated rings. The van der Waals surface area contributed by atoms with Gasteiger partial charge in [0.15, 0.2) is 0 Å². The van der Waals surface area contributed by atoms with E-state index >= 15 is 0 Å². The lowest BCUT2D eigenvalue weighted by atomic mass is 10.2. The summed E-state index contributed by atoms with van der Waals surface area (Å²) in [4.78, 5) is 21.6. The van der Waals surface area contributed by atoms with Crippen LogP contribution in [0.4, 0.5) is 0 Å². The number of ether oxygens (including phenoxy) is 1. The highest BCUT2D eigenvalue weighted by Gasteiger charge is 2.29. The molecule has 1 aliphatic heterocycles. The van der Waals surface area contributed by atoms with Crippen molar-refractivity contribution in [3.8, 4) is 0 Å². The molecule has 4 heterocycles. The Morgan fingerprint density at radius 1 is 1.24 bits per heavy atom. The van der Waals surface area contributed by atoms with Crippen LogP contribution in [0.3, 0.4) is 0 Å². The highest BCUT2D eigenvalue weighted by molar-refractivity contribution is 5.92. The molecule has 3 aromatic rings. The molecule has 7 heteroatoms. The van der Waals surface area contributed by atoms with Gasteiger partial charge in [-0.2, -0.15) is 5.10 Å². The van der Waals surface area contributed by atoms with Gasteiger partial charge in [0.1, 0.15) is 5.69 Å². The SMILES string of the molecule is Cc1cccc(COCc2n[nH]c3c2CN(C(=O)c2ccc[nH]2)C3)n1. The van der Waals surface area contributed by atoms with Crippen LogP contribution < -0.4 is 0 Å². The number of pyridine rings is 1. The van der Waals surface area contributed by atoms with Crippen LogP contribution in [-0.2, 0) is 31.0 Å². The van der Waals surface area contributed by atoms with Crippen molar-refractivity contribution in [1.29, 1.82) is 0 Å². The van der Waals surface area contributed by atoms with E-state index < -0.39 is 0 Å². The Morgan fingerprint density at radius 3 is 2.96 bits per heavy atom. The Morgan fingerprint density at radius 2 is 2.16 bits per heavy atom. The molecular formula is C18H19N5O2. The van der Waals surface area contributed by atoms with E-state index in [0.717, 1.165) is 28.3 Å². The lowest BCUT2D eigenvalue weighted by Gasteiger charge is -2.14. The van der Waals surface area contributed by atoms with Crippen LogP contribution in [0.5, 0.6) is 0 Å². The number of amides is 1. The number of aromatic amines is 2. The van der Waals surface area contributed by atoms with Gasteiger partial charge in [-0.05, 0) is 31.2 Å². The minimum Gasteiger partial charge on any atom is -0.369 e. The molecule has 0 radical (unpaired) electrons. The lowest BCUT2D eigenvalue weighted by molar-refractivity contribution is 0.0740. The summed E-state index contributed by atoms with van der Waals surface area (Å²) in [5.41, 5.74) is 5.35. The standard InChI is InChI=1S/C18H19N5O2/c1-12-4-2-5-13(20-12)10-25-11-17-14-8-23(9-16(14)21-22-17)18(24)15-6-3-7-19-15/h2-7,19H,8-11H2,1H3,(H,21,22). The van der Waals surface area contributed by atoms with Gasteiger partial charge in [0.05, 0.1) is 43.4 Å². The van der Waals surface area contributed by atoms with Crippen LogP contribution in [0.25, 0.3) is 0 Å². The summed E-state index contributed by atoms with van der Waals surface area (Å²) in [7, 11) is 0. The monoisotopic (exact) mass is 337 g/mol. The zero-order chi connectivity index (χ0) is 17.2. The zero-order valence-electron chi connectivity index (χ0n) is 14.0. The molecule has 0 atom stereocenters. The molecule has 1 aliphatic rings. The summed E-state index contributed by atoms with van der Waals surface area (Å²) in [6.45, 7) is 3.88. The van der Waals surface area contributed by atoms with Crippen LogP contribution in [0.2, 0.25) is 0 Å². The van der Waals surface area contributed by atoms with Crippen LogP contribution in [0.1, 0.15) is 38.8 Å². The molecular weight excluding hydrogens is 318 g/mol. The number of carbonyl (C=O) groups is 1. The summed E-state index contributed by atoms with van der Waals surface area (Å²) >= 11 is 0. The van der Waals surface area contributed by atoms with Gasteiger partial charge < -0.3 is 14.6 Å². The molecule has 3 aromatic heterocycles. The number of fused-ring (bicyclic) bond motifs is 1. The molecule has 0 saturated heterocycles. The number of nitrogens with zero attached hydrogens (tertiary/aromatic N) is 3. The predicted molar refractivity (Wildman–Crippen MR) is 90.4 cm³/mol. The molecule has 0 aliphatic carbocycles. The Bertz CT molecular complexity index is 885. The van der Waals surface area contributed by atoms with Crippen molar-refractivity contribution in [3.05, 3.63) is 70.6 Å². The minimum absolute atomic E-state index is 0.00886. The summed E-state index contributed by atoms with van der Waals surface area (Å²) in [5.74, 6) is -0.00886. The summed E-state index contributed by atoms with van der Waals surface area (Å²) < 4.78 is 5.76. The zero-order valence-corrected chi connectivity index (χ0v) is 14.0. The van der Waals surface area contributed by atoms with E-state index in [2.05, 4.69) is 20.2 Å². The van der Waals surface area contributed by atoms with Crippen molar-refractivity contribution in [1.82, 2.24) is 25.1 Å². The van der Waals surface area contributed by atoms with Gasteiger partial charge in [-0.1, -0.05) is 6.07 Å². The van der Waals surface area contributed by atoms with Crippen LogP contribution in [-0.4, -0.2) is 31.0 Å². The van der Waals surface area contributed by atoms with Gasteiger partial charge in [-0.15, -0.1) is 0 Å². The third-order valence-electron chi connectivity index (χ3n) is 4.29. The number of hydrogen-bond acceptors (Lipinski definition) is 4. The maximum Gasteiger partial charge on any atom is 0.270 e. The normalized spacial score (nSPS) is 13.2. The molecule has 0 saturated carbocycles. The third-order valence-corrected chi connectivity index (χ3v) is 4.29. The minimum atomic E-state index is -0.00886. The predicted octanol–water partition coefficient (Wildman–Crippen LogP) is 2.31. The van der Waals surface area contributed by atoms with Crippen molar-refractivity contribution in [2.75, 3.05) is 0 Å². The Labute approximate surface area is 145 Å². The molecule has 128 valence electrons. The second-order valence-corrected chi connectivity index (χ2v) is 6.14. The van der Waals surface area contributed by atoms with E-state index in [0.29, 0.717) is 32.0 Å². The van der Waals surface area contributed by atoms with Gasteiger partial charge in [0.2, 0.25) is 0 Å². The highest BCUT2D eigenvalue weighted by Crippen LogP contribution is 2.25. The number of carbonyl (C=O) groups excluding carboxylic acids is 1. The Kier molecular flexibility index (Phi) is 4.07. The lowest BCUT2D eigenvalue weighted by Crippen LogP contribution is -2.26. The van der Waals surface area contributed by atoms with E-state index in [4.69, 9.17) is 4.74 Å². The summed E-state index contributed by atoms with van der Waals surface area (Å²) in [5, 5.41) is 7.35. The molecule has 0 spiro atoms. The molecule has 0 unspecified atom stereocenters. The van der Waals surface area contributed by atoms with E-state index in [1.165, 1.54) is 0 Å². The average molecular weight is 337 g/mol. The number of hydrogen-bond donors (Lipinski definition) is 2. The molecule has 4 rings (SSSR count). The number of rotatable bonds is 5. The molecule has 1 amide bonds. The average Bonchev–Trinajstić information content (AvgIpc) is 3.32. The van der Waals surface area contributed by atoms with Crippen LogP contribution in [0, 0.1) is 6.92 Å². The highest BCUT2D eigenvalue weighted by atomic mass is 16.5. The largest absolute Gasteiger partial charge is 0.369 e. The van der Waals surface area contributed by atoms with Crippen molar-refractivity contribution >= 4 is 5.91 Å². The first-order valence-corrected chi connectivity index (χ1v) is 8.18. The van der Waals surface area contributed by atoms with E-state index in [-0.39, 0.29) is 5.91 Å². The van der Waals surface area contributed by atoms with Crippen LogP contribution in [0.15, 0.2) is 36.5 Å². The first-order chi connectivity index (χ1) is 12.2. The summed E-state index contributed by atoms with van der Waals surface area (Å²) in [6.07, 6.45) is 1.75. The number of nitrogens with one attached hydrogen (secondary N) is 2. The fraction of sp³-hybridized carbons (Fsp3) is 0.278. The topological polar surface area (TPSA) is 86.9 Å². The molecule has 0 aromatic carbocycles. The van der Waals surface area contributed by atoms with Gasteiger partial charge in [-0.25, -0.2) is 0 Å². The quantitative estimate of drug-likeness (QED) is 0.748. The van der Waals surface area contributed by atoms with Crippen molar-refractivity contribution in [2.45, 2.75) is 33.2 Å². The third kappa shape index (κ3) is 3.18. The Balaban J connectivity index is 1.38. The van der Waals surface area contributed by atoms with E-state index in [9.17, 15) is 4.79 Å². The second-order valence-electron chi connectivity index (χ2n) is 6.14. The number of aryl methyl sites for hydroxylation is 1. The van der Waals surface area contributed by atoms with Crippen LogP contribution >= 0.6 is 0 Å². The van der Waals surface area contributed by atoms with Gasteiger partial charge >= 0.3 is 0 Å². The molecule has 7 nitrogen and oxygen atoms in total. The number of H-pyrrole nitrogens is 2. The first-order valence-electron chi connectivity index (χ1n) is 8.18. The van der Waals surface area contributed by atoms with E-state index in [1.807, 2.05) is 31.2 Å². The number of aromatic nitrogens is 4. The maximum absolute atomic E-state index is 12.4. The summed E-state index contributed by atoms with van der Waals surface area (Å²) in [6, 6.07) is 9.48. The van der Waals surface area contributed by atoms with Gasteiger partial charge in [-0.3, -0.25) is 14.9 Å². The van der Waals surface area contributed by atoms with Crippen molar-refractivity contribution in [2.24, 2.45) is 0 Å². The van der Waals surface area contributed by atoms with Crippen molar-refractivity contribution in [3.63, 3.8) is 0 Å².